The lowest BCUT2D eigenvalue weighted by atomic mass is 9.99. The summed E-state index contributed by atoms with van der Waals surface area (Å²) in [5, 5.41) is 12.4. The first-order chi connectivity index (χ1) is 7.61. The molecule has 16 heavy (non-hydrogen) atoms. The molecule has 1 rings (SSSR count). The summed E-state index contributed by atoms with van der Waals surface area (Å²) in [7, 11) is 3.96. The maximum absolute atomic E-state index is 9.29. The Morgan fingerprint density at radius 3 is 2.44 bits per heavy atom. The van der Waals surface area contributed by atoms with Crippen molar-refractivity contribution in [2.45, 2.75) is 18.9 Å². The average Bonchev–Trinajstić information content (AvgIpc) is 2.36. The summed E-state index contributed by atoms with van der Waals surface area (Å²) in [5.74, 6) is 0. The Morgan fingerprint density at radius 2 is 1.94 bits per heavy atom. The number of hydrogen-bond acceptors (Lipinski definition) is 3. The first-order valence-electron chi connectivity index (χ1n) is 5.67. The Labute approximate surface area is 98.1 Å². The second-order valence-corrected chi connectivity index (χ2v) is 4.48. The van der Waals surface area contributed by atoms with Crippen LogP contribution in [-0.2, 0) is 0 Å². The highest BCUT2D eigenvalue weighted by Gasteiger charge is 2.20. The van der Waals surface area contributed by atoms with Gasteiger partial charge in [0.1, 0.15) is 0 Å². The van der Waals surface area contributed by atoms with Crippen molar-refractivity contribution in [3.8, 4) is 0 Å². The van der Waals surface area contributed by atoms with Gasteiger partial charge in [0, 0.05) is 24.8 Å². The zero-order valence-electron chi connectivity index (χ0n) is 10.4. The molecule has 0 heterocycles. The Kier molecular flexibility index (Phi) is 4.77. The third-order valence-electron chi connectivity index (χ3n) is 3.15. The van der Waals surface area contributed by atoms with Crippen LogP contribution in [0.1, 0.15) is 13.3 Å². The third kappa shape index (κ3) is 3.51. The fourth-order valence-corrected chi connectivity index (χ4v) is 1.51. The molecule has 2 N–H and O–H groups in total. The van der Waals surface area contributed by atoms with Gasteiger partial charge < -0.3 is 15.3 Å². The van der Waals surface area contributed by atoms with E-state index in [0.29, 0.717) is 0 Å². The maximum atomic E-state index is 9.29. The molecule has 0 aliphatic rings. The van der Waals surface area contributed by atoms with E-state index < -0.39 is 0 Å². The Hall–Kier alpha value is -1.06. The van der Waals surface area contributed by atoms with Gasteiger partial charge in [-0.05, 0) is 32.5 Å². The van der Waals surface area contributed by atoms with E-state index in [1.807, 2.05) is 32.2 Å². The number of hydrogen-bond donors (Lipinski definition) is 2. The van der Waals surface area contributed by atoms with E-state index >= 15 is 0 Å². The van der Waals surface area contributed by atoms with Crippen LogP contribution >= 0.6 is 0 Å². The van der Waals surface area contributed by atoms with E-state index in [0.717, 1.165) is 13.0 Å². The van der Waals surface area contributed by atoms with Crippen molar-refractivity contribution in [2.75, 3.05) is 32.1 Å². The van der Waals surface area contributed by atoms with Gasteiger partial charge in [0.15, 0.2) is 0 Å². The number of nitrogens with zero attached hydrogens (tertiary/aromatic N) is 1. The molecule has 0 amide bonds. The minimum absolute atomic E-state index is 0.159. The first-order valence-corrected chi connectivity index (χ1v) is 5.67. The van der Waals surface area contributed by atoms with Crippen molar-refractivity contribution in [1.29, 1.82) is 0 Å². The van der Waals surface area contributed by atoms with E-state index in [2.05, 4.69) is 29.4 Å². The summed E-state index contributed by atoms with van der Waals surface area (Å²) in [6.45, 7) is 3.11. The number of anilines is 1. The summed E-state index contributed by atoms with van der Waals surface area (Å²) in [6.07, 6.45) is 0.908. The number of rotatable bonds is 6. The van der Waals surface area contributed by atoms with Gasteiger partial charge in [-0.2, -0.15) is 0 Å². The summed E-state index contributed by atoms with van der Waals surface area (Å²) in [6, 6.07) is 10.3. The molecule has 0 radical (unpaired) electrons. The molecular weight excluding hydrogens is 200 g/mol. The van der Waals surface area contributed by atoms with Gasteiger partial charge in [0.2, 0.25) is 0 Å². The predicted molar refractivity (Wildman–Crippen MR) is 68.9 cm³/mol. The van der Waals surface area contributed by atoms with Gasteiger partial charge >= 0.3 is 0 Å². The van der Waals surface area contributed by atoms with Crippen molar-refractivity contribution in [1.82, 2.24) is 5.32 Å². The Morgan fingerprint density at radius 1 is 1.31 bits per heavy atom. The lowest BCUT2D eigenvalue weighted by Crippen LogP contribution is -2.45. The largest absolute Gasteiger partial charge is 0.394 e. The first kappa shape index (κ1) is 13.0. The van der Waals surface area contributed by atoms with Gasteiger partial charge in [-0.15, -0.1) is 0 Å². The van der Waals surface area contributed by atoms with E-state index in [1.54, 1.807) is 0 Å². The molecular formula is C13H22N2O. The van der Waals surface area contributed by atoms with Crippen molar-refractivity contribution in [2.24, 2.45) is 0 Å². The van der Waals surface area contributed by atoms with Gasteiger partial charge in [0.05, 0.1) is 6.61 Å². The highest BCUT2D eigenvalue weighted by Crippen LogP contribution is 2.14. The zero-order chi connectivity index (χ0) is 12.0. The third-order valence-corrected chi connectivity index (χ3v) is 3.15. The Balaban J connectivity index is 2.50. The molecule has 0 saturated carbocycles. The molecule has 0 aliphatic carbocycles. The lowest BCUT2D eigenvalue weighted by molar-refractivity contribution is 0.175. The number of aliphatic hydroxyl groups is 1. The molecule has 0 bridgehead atoms. The molecule has 1 aromatic carbocycles. The van der Waals surface area contributed by atoms with Crippen LogP contribution in [0.3, 0.4) is 0 Å². The monoisotopic (exact) mass is 222 g/mol. The SMILES string of the molecule is CNC(C)(CO)CCN(C)c1ccccc1. The predicted octanol–water partition coefficient (Wildman–Crippen LogP) is 1.48. The highest BCUT2D eigenvalue weighted by molar-refractivity contribution is 5.44. The van der Waals surface area contributed by atoms with Gasteiger partial charge in [-0.25, -0.2) is 0 Å². The van der Waals surface area contributed by atoms with E-state index in [-0.39, 0.29) is 12.1 Å². The van der Waals surface area contributed by atoms with Gasteiger partial charge in [-0.1, -0.05) is 18.2 Å². The molecule has 1 aromatic rings. The summed E-state index contributed by atoms with van der Waals surface area (Å²) in [4.78, 5) is 2.20. The fraction of sp³-hybridized carbons (Fsp3) is 0.538. The van der Waals surface area contributed by atoms with Crippen molar-refractivity contribution in [3.05, 3.63) is 30.3 Å². The van der Waals surface area contributed by atoms with Crippen LogP contribution in [-0.4, -0.2) is 37.9 Å². The minimum Gasteiger partial charge on any atom is -0.394 e. The zero-order valence-corrected chi connectivity index (χ0v) is 10.4. The van der Waals surface area contributed by atoms with Crippen LogP contribution < -0.4 is 10.2 Å². The van der Waals surface area contributed by atoms with E-state index in [4.69, 9.17) is 0 Å². The number of aliphatic hydroxyl groups excluding tert-OH is 1. The smallest absolute Gasteiger partial charge is 0.0611 e. The van der Waals surface area contributed by atoms with Crippen LogP contribution in [0.15, 0.2) is 30.3 Å². The lowest BCUT2D eigenvalue weighted by Gasteiger charge is -2.30. The van der Waals surface area contributed by atoms with E-state index in [9.17, 15) is 5.11 Å². The van der Waals surface area contributed by atoms with Crippen LogP contribution in [0.4, 0.5) is 5.69 Å². The Bertz CT molecular complexity index is 296. The summed E-state index contributed by atoms with van der Waals surface area (Å²) in [5.41, 5.74) is 1.02. The normalized spacial score (nSPS) is 14.5. The van der Waals surface area contributed by atoms with Gasteiger partial charge in [-0.3, -0.25) is 0 Å². The van der Waals surface area contributed by atoms with Crippen LogP contribution in [0, 0.1) is 0 Å². The molecule has 90 valence electrons. The van der Waals surface area contributed by atoms with Crippen molar-refractivity contribution in [3.63, 3.8) is 0 Å². The maximum Gasteiger partial charge on any atom is 0.0611 e. The second-order valence-electron chi connectivity index (χ2n) is 4.48. The molecule has 0 spiro atoms. The van der Waals surface area contributed by atoms with Crippen molar-refractivity contribution < 1.29 is 5.11 Å². The fourth-order valence-electron chi connectivity index (χ4n) is 1.51. The summed E-state index contributed by atoms with van der Waals surface area (Å²) < 4.78 is 0. The molecule has 0 aliphatic heterocycles. The van der Waals surface area contributed by atoms with Crippen LogP contribution in [0.25, 0.3) is 0 Å². The number of para-hydroxylation sites is 1. The molecule has 0 saturated heterocycles. The summed E-state index contributed by atoms with van der Waals surface area (Å²) >= 11 is 0. The topological polar surface area (TPSA) is 35.5 Å². The minimum atomic E-state index is -0.191. The molecule has 1 atom stereocenters. The molecule has 3 heteroatoms. The van der Waals surface area contributed by atoms with Crippen LogP contribution in [0.2, 0.25) is 0 Å². The number of nitrogens with one attached hydrogen (secondary N) is 1. The molecule has 0 aromatic heterocycles. The molecule has 3 nitrogen and oxygen atoms in total. The molecule has 0 fully saturated rings. The number of likely N-dealkylation sites (N-methyl/N-ethyl adjacent to an activating group) is 1. The standard InChI is InChI=1S/C13H22N2O/c1-13(11-16,14-2)9-10-15(3)12-7-5-4-6-8-12/h4-8,14,16H,9-11H2,1-3H3. The van der Waals surface area contributed by atoms with E-state index in [1.165, 1.54) is 5.69 Å². The average molecular weight is 222 g/mol. The quantitative estimate of drug-likeness (QED) is 0.765. The number of benzene rings is 1. The molecule has 1 unspecified atom stereocenters. The van der Waals surface area contributed by atoms with Crippen molar-refractivity contribution >= 4 is 5.69 Å². The van der Waals surface area contributed by atoms with Gasteiger partial charge in [0.25, 0.3) is 0 Å². The highest BCUT2D eigenvalue weighted by atomic mass is 16.3. The van der Waals surface area contributed by atoms with Crippen LogP contribution in [0.5, 0.6) is 0 Å². The second kappa shape index (κ2) is 5.87.